The molecule has 1 aliphatic rings. The summed E-state index contributed by atoms with van der Waals surface area (Å²) in [6.07, 6.45) is -0.675. The maximum Gasteiger partial charge on any atom is 0.264 e. The van der Waals surface area contributed by atoms with Crippen LogP contribution in [0.5, 0.6) is 5.75 Å². The molecule has 0 spiro atoms. The van der Waals surface area contributed by atoms with Crippen molar-refractivity contribution >= 4 is 27.7 Å². The van der Waals surface area contributed by atoms with Gasteiger partial charge in [0.25, 0.3) is 5.91 Å². The van der Waals surface area contributed by atoms with Gasteiger partial charge in [0.2, 0.25) is 5.91 Å². The van der Waals surface area contributed by atoms with E-state index >= 15 is 0 Å². The number of halogens is 1. The van der Waals surface area contributed by atoms with Crippen molar-refractivity contribution in [2.24, 2.45) is 0 Å². The van der Waals surface area contributed by atoms with Crippen LogP contribution in [0.4, 0.5) is 0 Å². The summed E-state index contributed by atoms with van der Waals surface area (Å²) < 4.78 is 6.66. The lowest BCUT2D eigenvalue weighted by Crippen LogP contribution is -2.54. The Kier molecular flexibility index (Phi) is 5.38. The second-order valence-electron chi connectivity index (χ2n) is 5.85. The van der Waals surface area contributed by atoms with Crippen molar-refractivity contribution < 1.29 is 14.3 Å². The Morgan fingerprint density at radius 1 is 1.20 bits per heavy atom. The van der Waals surface area contributed by atoms with Gasteiger partial charge in [-0.25, -0.2) is 0 Å². The standard InChI is InChI=1S/C19H19BrN2O3/c1-13(25-16-5-3-2-4-6-16)19(24)22-12-11-21-18(23)17(22)14-7-9-15(20)10-8-14/h2-10,13,17H,11-12H2,1H3,(H,21,23)/t13-,17-/m1/s1. The lowest BCUT2D eigenvalue weighted by Gasteiger charge is -2.36. The van der Waals surface area contributed by atoms with Gasteiger partial charge in [-0.1, -0.05) is 46.3 Å². The number of nitrogens with one attached hydrogen (secondary N) is 1. The summed E-state index contributed by atoms with van der Waals surface area (Å²) in [6, 6.07) is 16.0. The maximum atomic E-state index is 12.9. The van der Waals surface area contributed by atoms with Gasteiger partial charge in [0.1, 0.15) is 11.8 Å². The van der Waals surface area contributed by atoms with Crippen LogP contribution in [0.1, 0.15) is 18.5 Å². The van der Waals surface area contributed by atoms with E-state index in [2.05, 4.69) is 21.2 Å². The summed E-state index contributed by atoms with van der Waals surface area (Å²) in [6.45, 7) is 2.60. The van der Waals surface area contributed by atoms with Gasteiger partial charge in [-0.2, -0.15) is 0 Å². The van der Waals surface area contributed by atoms with E-state index in [-0.39, 0.29) is 11.8 Å². The summed E-state index contributed by atoms with van der Waals surface area (Å²) in [5.41, 5.74) is 0.778. The zero-order valence-electron chi connectivity index (χ0n) is 13.8. The van der Waals surface area contributed by atoms with Gasteiger partial charge in [0, 0.05) is 17.6 Å². The van der Waals surface area contributed by atoms with Crippen LogP contribution in [0, 0.1) is 0 Å². The van der Waals surface area contributed by atoms with Crippen molar-refractivity contribution in [2.75, 3.05) is 13.1 Å². The summed E-state index contributed by atoms with van der Waals surface area (Å²) in [7, 11) is 0. The fourth-order valence-corrected chi connectivity index (χ4v) is 3.13. The van der Waals surface area contributed by atoms with Crippen LogP contribution in [0.2, 0.25) is 0 Å². The molecule has 5 nitrogen and oxygen atoms in total. The minimum Gasteiger partial charge on any atom is -0.481 e. The molecule has 6 heteroatoms. The van der Waals surface area contributed by atoms with Gasteiger partial charge in [0.15, 0.2) is 6.10 Å². The number of carbonyl (C=O) groups is 2. The molecule has 0 saturated carbocycles. The van der Waals surface area contributed by atoms with Crippen LogP contribution in [-0.2, 0) is 9.59 Å². The Morgan fingerprint density at radius 3 is 2.56 bits per heavy atom. The summed E-state index contributed by atoms with van der Waals surface area (Å²) >= 11 is 3.39. The van der Waals surface area contributed by atoms with Crippen LogP contribution in [0.25, 0.3) is 0 Å². The highest BCUT2D eigenvalue weighted by molar-refractivity contribution is 9.10. The molecular weight excluding hydrogens is 384 g/mol. The fourth-order valence-electron chi connectivity index (χ4n) is 2.87. The smallest absolute Gasteiger partial charge is 0.264 e. The van der Waals surface area contributed by atoms with E-state index in [1.807, 2.05) is 42.5 Å². The summed E-state index contributed by atoms with van der Waals surface area (Å²) in [5.74, 6) is 0.255. The predicted octanol–water partition coefficient (Wildman–Crippen LogP) is 2.92. The molecule has 0 aromatic heterocycles. The average Bonchev–Trinajstić information content (AvgIpc) is 2.62. The minimum atomic E-state index is -0.675. The van der Waals surface area contributed by atoms with Crippen LogP contribution in [0.15, 0.2) is 59.1 Å². The molecule has 1 heterocycles. The molecule has 3 rings (SSSR count). The molecular formula is C19H19BrN2O3. The van der Waals surface area contributed by atoms with Crippen molar-refractivity contribution in [3.8, 4) is 5.75 Å². The van der Waals surface area contributed by atoms with E-state index in [0.29, 0.717) is 18.8 Å². The molecule has 130 valence electrons. The number of amides is 2. The third kappa shape index (κ3) is 4.02. The molecule has 0 radical (unpaired) electrons. The number of ether oxygens (including phenoxy) is 1. The van der Waals surface area contributed by atoms with E-state index in [4.69, 9.17) is 4.74 Å². The average molecular weight is 403 g/mol. The van der Waals surface area contributed by atoms with Gasteiger partial charge in [0.05, 0.1) is 0 Å². The topological polar surface area (TPSA) is 58.6 Å². The third-order valence-corrected chi connectivity index (χ3v) is 4.61. The zero-order valence-corrected chi connectivity index (χ0v) is 15.4. The highest BCUT2D eigenvalue weighted by atomic mass is 79.9. The molecule has 1 saturated heterocycles. The molecule has 0 bridgehead atoms. The van der Waals surface area contributed by atoms with Gasteiger partial charge in [-0.15, -0.1) is 0 Å². The van der Waals surface area contributed by atoms with Gasteiger partial charge >= 0.3 is 0 Å². The van der Waals surface area contributed by atoms with Gasteiger partial charge < -0.3 is 15.0 Å². The zero-order chi connectivity index (χ0) is 17.8. The van der Waals surface area contributed by atoms with Gasteiger partial charge in [-0.3, -0.25) is 9.59 Å². The molecule has 2 atom stereocenters. The minimum absolute atomic E-state index is 0.172. The lowest BCUT2D eigenvalue weighted by molar-refractivity contribution is -0.148. The van der Waals surface area contributed by atoms with E-state index in [9.17, 15) is 9.59 Å². The molecule has 2 aromatic carbocycles. The second-order valence-corrected chi connectivity index (χ2v) is 6.77. The maximum absolute atomic E-state index is 12.9. The fraction of sp³-hybridized carbons (Fsp3) is 0.263. The van der Waals surface area contributed by atoms with Crippen molar-refractivity contribution in [3.63, 3.8) is 0 Å². The predicted molar refractivity (Wildman–Crippen MR) is 98.1 cm³/mol. The third-order valence-electron chi connectivity index (χ3n) is 4.08. The van der Waals surface area contributed by atoms with Gasteiger partial charge in [-0.05, 0) is 36.8 Å². The monoisotopic (exact) mass is 402 g/mol. The number of nitrogens with zero attached hydrogens (tertiary/aromatic N) is 1. The number of hydrogen-bond acceptors (Lipinski definition) is 3. The Hall–Kier alpha value is -2.34. The number of rotatable bonds is 4. The number of piperazine rings is 1. The second kappa shape index (κ2) is 7.70. The first kappa shape index (κ1) is 17.5. The van der Waals surface area contributed by atoms with Crippen molar-refractivity contribution in [2.45, 2.75) is 19.1 Å². The van der Waals surface area contributed by atoms with Crippen molar-refractivity contribution in [1.29, 1.82) is 0 Å². The number of benzene rings is 2. The highest BCUT2D eigenvalue weighted by Gasteiger charge is 2.36. The van der Waals surface area contributed by atoms with E-state index < -0.39 is 12.1 Å². The lowest BCUT2D eigenvalue weighted by atomic mass is 10.0. The molecule has 1 N–H and O–H groups in total. The van der Waals surface area contributed by atoms with E-state index in [1.165, 1.54) is 0 Å². The molecule has 2 amide bonds. The molecule has 2 aromatic rings. The van der Waals surface area contributed by atoms with Crippen LogP contribution >= 0.6 is 15.9 Å². The number of carbonyl (C=O) groups excluding carboxylic acids is 2. The molecule has 0 aliphatic carbocycles. The normalized spacial score (nSPS) is 18.4. The number of hydrogen-bond donors (Lipinski definition) is 1. The Labute approximate surface area is 155 Å². The quantitative estimate of drug-likeness (QED) is 0.854. The Bertz CT molecular complexity index is 749. The van der Waals surface area contributed by atoms with Crippen molar-refractivity contribution in [3.05, 3.63) is 64.6 Å². The largest absolute Gasteiger partial charge is 0.481 e. The van der Waals surface area contributed by atoms with Crippen LogP contribution < -0.4 is 10.1 Å². The van der Waals surface area contributed by atoms with Crippen molar-refractivity contribution in [1.82, 2.24) is 10.2 Å². The van der Waals surface area contributed by atoms with E-state index in [0.717, 1.165) is 10.0 Å². The molecule has 25 heavy (non-hydrogen) atoms. The first-order valence-corrected chi connectivity index (χ1v) is 8.91. The molecule has 1 fully saturated rings. The first-order valence-electron chi connectivity index (χ1n) is 8.11. The Balaban J connectivity index is 1.80. The molecule has 0 unspecified atom stereocenters. The summed E-state index contributed by atoms with van der Waals surface area (Å²) in [4.78, 5) is 26.9. The highest BCUT2D eigenvalue weighted by Crippen LogP contribution is 2.26. The summed E-state index contributed by atoms with van der Waals surface area (Å²) in [5, 5.41) is 2.83. The van der Waals surface area contributed by atoms with Crippen LogP contribution in [0.3, 0.4) is 0 Å². The first-order chi connectivity index (χ1) is 12.1. The SMILES string of the molecule is C[C@@H](Oc1ccccc1)C(=O)N1CCNC(=O)[C@H]1c1ccc(Br)cc1. The van der Waals surface area contributed by atoms with Crippen LogP contribution in [-0.4, -0.2) is 35.9 Å². The van der Waals surface area contributed by atoms with E-state index in [1.54, 1.807) is 24.0 Å². The molecule has 1 aliphatic heterocycles. The Morgan fingerprint density at radius 2 is 1.88 bits per heavy atom. The number of para-hydroxylation sites is 1.